The molecule has 2 rings (SSSR count). The summed E-state index contributed by atoms with van der Waals surface area (Å²) in [5.74, 6) is -0.442. The summed E-state index contributed by atoms with van der Waals surface area (Å²) in [5, 5.41) is 3.28. The van der Waals surface area contributed by atoms with Gasteiger partial charge >= 0.3 is 12.1 Å². The number of hydrogen-bond acceptors (Lipinski definition) is 6. The Morgan fingerprint density at radius 3 is 2.73 bits per heavy atom. The van der Waals surface area contributed by atoms with Gasteiger partial charge in [-0.05, 0) is 12.5 Å². The monoisotopic (exact) mass is 320 g/mol. The lowest BCUT2D eigenvalue weighted by Gasteiger charge is -2.11. The van der Waals surface area contributed by atoms with Gasteiger partial charge in [-0.3, -0.25) is 0 Å². The standard InChI is InChI=1S/C15H16N2O4S/c1-10(13-16-8-12(22-13)14(18)20-2)17-15(19)21-9-11-6-4-3-5-7-11/h3-8,10H,9H2,1-2H3,(H,17,19). The zero-order chi connectivity index (χ0) is 15.9. The van der Waals surface area contributed by atoms with Gasteiger partial charge < -0.3 is 14.8 Å². The molecule has 1 unspecified atom stereocenters. The van der Waals surface area contributed by atoms with E-state index in [-0.39, 0.29) is 12.6 Å². The third-order valence-corrected chi connectivity index (χ3v) is 3.99. The van der Waals surface area contributed by atoms with Gasteiger partial charge in [-0.15, -0.1) is 11.3 Å². The van der Waals surface area contributed by atoms with Gasteiger partial charge in [-0.25, -0.2) is 14.6 Å². The van der Waals surface area contributed by atoms with E-state index in [0.29, 0.717) is 9.88 Å². The Morgan fingerprint density at radius 2 is 2.05 bits per heavy atom. The molecule has 0 aliphatic heterocycles. The molecule has 22 heavy (non-hydrogen) atoms. The zero-order valence-corrected chi connectivity index (χ0v) is 13.1. The molecule has 6 nitrogen and oxygen atoms in total. The van der Waals surface area contributed by atoms with Gasteiger partial charge in [0.05, 0.1) is 19.3 Å². The van der Waals surface area contributed by atoms with Crippen molar-refractivity contribution in [1.29, 1.82) is 0 Å². The molecule has 0 radical (unpaired) electrons. The molecule has 0 aliphatic rings. The first-order valence-electron chi connectivity index (χ1n) is 6.61. The lowest BCUT2D eigenvalue weighted by molar-refractivity contribution is 0.0606. The summed E-state index contributed by atoms with van der Waals surface area (Å²) in [6, 6.07) is 9.05. The van der Waals surface area contributed by atoms with Crippen LogP contribution in [0.15, 0.2) is 36.5 Å². The van der Waals surface area contributed by atoms with Gasteiger partial charge in [0.15, 0.2) is 0 Å². The summed E-state index contributed by atoms with van der Waals surface area (Å²) in [6.45, 7) is 1.97. The fourth-order valence-corrected chi connectivity index (χ4v) is 2.52. The molecule has 116 valence electrons. The molecule has 1 N–H and O–H groups in total. The first-order chi connectivity index (χ1) is 10.6. The van der Waals surface area contributed by atoms with E-state index in [2.05, 4.69) is 15.0 Å². The number of benzene rings is 1. The molecule has 7 heteroatoms. The number of thiazole rings is 1. The second-order valence-corrected chi connectivity index (χ2v) is 5.54. The van der Waals surface area contributed by atoms with Crippen molar-refractivity contribution >= 4 is 23.4 Å². The lowest BCUT2D eigenvalue weighted by Crippen LogP contribution is -2.27. The number of carbonyl (C=O) groups excluding carboxylic acids is 2. The smallest absolute Gasteiger partial charge is 0.408 e. The van der Waals surface area contributed by atoms with Crippen molar-refractivity contribution < 1.29 is 19.1 Å². The van der Waals surface area contributed by atoms with E-state index >= 15 is 0 Å². The van der Waals surface area contributed by atoms with Crippen molar-refractivity contribution in [3.8, 4) is 0 Å². The Labute approximate surface area is 132 Å². The number of ether oxygens (including phenoxy) is 2. The largest absolute Gasteiger partial charge is 0.465 e. The zero-order valence-electron chi connectivity index (χ0n) is 12.2. The van der Waals surface area contributed by atoms with Crippen LogP contribution in [-0.2, 0) is 16.1 Å². The Balaban J connectivity index is 1.85. The number of amides is 1. The number of rotatable bonds is 5. The van der Waals surface area contributed by atoms with Crippen LogP contribution in [0.5, 0.6) is 0 Å². The molecule has 0 fully saturated rings. The van der Waals surface area contributed by atoms with Crippen molar-refractivity contribution in [3.05, 3.63) is 52.0 Å². The number of nitrogens with one attached hydrogen (secondary N) is 1. The van der Waals surface area contributed by atoms with Crippen LogP contribution < -0.4 is 5.32 Å². The Morgan fingerprint density at radius 1 is 1.32 bits per heavy atom. The minimum absolute atomic E-state index is 0.199. The van der Waals surface area contributed by atoms with Crippen molar-refractivity contribution in [2.75, 3.05) is 7.11 Å². The van der Waals surface area contributed by atoms with Gasteiger partial charge in [0.25, 0.3) is 0 Å². The van der Waals surface area contributed by atoms with E-state index in [1.54, 1.807) is 6.92 Å². The van der Waals surface area contributed by atoms with Crippen molar-refractivity contribution in [2.24, 2.45) is 0 Å². The number of carbonyl (C=O) groups is 2. The van der Waals surface area contributed by atoms with Gasteiger partial charge in [0.2, 0.25) is 0 Å². The highest BCUT2D eigenvalue weighted by Crippen LogP contribution is 2.20. The van der Waals surface area contributed by atoms with Crippen LogP contribution in [0.1, 0.15) is 33.2 Å². The van der Waals surface area contributed by atoms with Crippen LogP contribution in [0.4, 0.5) is 4.79 Å². The van der Waals surface area contributed by atoms with Gasteiger partial charge in [-0.1, -0.05) is 30.3 Å². The highest BCUT2D eigenvalue weighted by Gasteiger charge is 2.17. The second-order valence-electron chi connectivity index (χ2n) is 4.48. The van der Waals surface area contributed by atoms with Crippen molar-refractivity contribution in [3.63, 3.8) is 0 Å². The Kier molecular flexibility index (Phi) is 5.48. The maximum Gasteiger partial charge on any atom is 0.408 e. The van der Waals surface area contributed by atoms with Crippen LogP contribution in [0.25, 0.3) is 0 Å². The first kappa shape index (κ1) is 16.0. The van der Waals surface area contributed by atoms with Crippen LogP contribution in [-0.4, -0.2) is 24.2 Å². The summed E-state index contributed by atoms with van der Waals surface area (Å²) >= 11 is 1.17. The fourth-order valence-electron chi connectivity index (χ4n) is 1.69. The first-order valence-corrected chi connectivity index (χ1v) is 7.43. The highest BCUT2D eigenvalue weighted by atomic mass is 32.1. The molecule has 1 aromatic carbocycles. The molecule has 0 spiro atoms. The van der Waals surface area contributed by atoms with E-state index in [9.17, 15) is 9.59 Å². The maximum atomic E-state index is 11.7. The molecule has 1 amide bonds. The molecule has 1 aromatic heterocycles. The average molecular weight is 320 g/mol. The fraction of sp³-hybridized carbons (Fsp3) is 0.267. The number of hydrogen-bond donors (Lipinski definition) is 1. The lowest BCUT2D eigenvalue weighted by atomic mass is 10.2. The van der Waals surface area contributed by atoms with E-state index in [4.69, 9.17) is 4.74 Å². The van der Waals surface area contributed by atoms with Crippen molar-refractivity contribution in [1.82, 2.24) is 10.3 Å². The molecule has 2 aromatic rings. The predicted octanol–water partition coefficient (Wildman–Crippen LogP) is 2.92. The van der Waals surface area contributed by atoms with E-state index < -0.39 is 12.1 Å². The molecule has 0 saturated heterocycles. The van der Waals surface area contributed by atoms with Gasteiger partial charge in [-0.2, -0.15) is 0 Å². The average Bonchev–Trinajstić information content (AvgIpc) is 3.03. The number of esters is 1. The topological polar surface area (TPSA) is 77.5 Å². The second kappa shape index (κ2) is 7.56. The van der Waals surface area contributed by atoms with Gasteiger partial charge in [0, 0.05) is 0 Å². The molecule has 1 atom stereocenters. The summed E-state index contributed by atoms with van der Waals surface area (Å²) in [4.78, 5) is 27.6. The maximum absolute atomic E-state index is 11.7. The summed E-state index contributed by atoms with van der Waals surface area (Å²) in [7, 11) is 1.31. The molecular weight excluding hydrogens is 304 g/mol. The minimum atomic E-state index is -0.536. The Hall–Kier alpha value is -2.41. The van der Waals surface area contributed by atoms with Crippen LogP contribution >= 0.6 is 11.3 Å². The number of aromatic nitrogens is 1. The molecule has 0 aliphatic carbocycles. The molecule has 0 bridgehead atoms. The van der Waals surface area contributed by atoms with Gasteiger partial charge in [0.1, 0.15) is 16.5 Å². The third-order valence-electron chi connectivity index (χ3n) is 2.83. The van der Waals surface area contributed by atoms with Crippen LogP contribution in [0.2, 0.25) is 0 Å². The molecular formula is C15H16N2O4S. The third kappa shape index (κ3) is 4.29. The Bertz CT molecular complexity index is 642. The van der Waals surface area contributed by atoms with E-state index in [0.717, 1.165) is 5.56 Å². The van der Waals surface area contributed by atoms with Crippen molar-refractivity contribution in [2.45, 2.75) is 19.6 Å². The summed E-state index contributed by atoms with van der Waals surface area (Å²) < 4.78 is 9.75. The predicted molar refractivity (Wildman–Crippen MR) is 81.6 cm³/mol. The highest BCUT2D eigenvalue weighted by molar-refractivity contribution is 7.13. The van der Waals surface area contributed by atoms with E-state index in [1.807, 2.05) is 30.3 Å². The SMILES string of the molecule is COC(=O)c1cnc(C(C)NC(=O)OCc2ccccc2)s1. The van der Waals surface area contributed by atoms with E-state index in [1.165, 1.54) is 24.6 Å². The summed E-state index contributed by atoms with van der Waals surface area (Å²) in [6.07, 6.45) is 0.894. The molecule has 0 saturated carbocycles. The number of alkyl carbamates (subject to hydrolysis) is 1. The van der Waals surface area contributed by atoms with Crippen LogP contribution in [0.3, 0.4) is 0 Å². The molecule has 1 heterocycles. The summed E-state index contributed by atoms with van der Waals surface area (Å²) in [5.41, 5.74) is 0.910. The normalized spacial score (nSPS) is 11.5. The minimum Gasteiger partial charge on any atom is -0.465 e. The number of methoxy groups -OCH3 is 1. The number of nitrogens with zero attached hydrogens (tertiary/aromatic N) is 1. The quantitative estimate of drug-likeness (QED) is 0.857. The van der Waals surface area contributed by atoms with Crippen LogP contribution in [0, 0.1) is 0 Å².